The van der Waals surface area contributed by atoms with Crippen LogP contribution in [0.1, 0.15) is 0 Å². The maximum absolute atomic E-state index is 10.3. The minimum absolute atomic E-state index is 0.234. The number of aliphatic carboxylic acids is 1. The lowest BCUT2D eigenvalue weighted by molar-refractivity contribution is -0.142. The van der Waals surface area contributed by atoms with E-state index in [1.165, 1.54) is 0 Å². The molecule has 0 saturated heterocycles. The summed E-state index contributed by atoms with van der Waals surface area (Å²) in [5.74, 6) is -1.00. The molecule has 0 aliphatic carbocycles. The molecule has 0 aromatic rings. The minimum Gasteiger partial charge on any atom is -0.480 e. The van der Waals surface area contributed by atoms with Crippen molar-refractivity contribution in [3.63, 3.8) is 0 Å². The second kappa shape index (κ2) is 64.6. The van der Waals surface area contributed by atoms with Crippen molar-refractivity contribution in [3.05, 3.63) is 0 Å². The highest BCUT2D eigenvalue weighted by Crippen LogP contribution is 1.90. The van der Waals surface area contributed by atoms with Crippen molar-refractivity contribution in [2.75, 3.05) is 291 Å². The zero-order chi connectivity index (χ0) is 49.5. The molecule has 1 N–H and O–H groups in total. The Balaban J connectivity index is 3.07. The van der Waals surface area contributed by atoms with E-state index in [-0.39, 0.29) is 13.2 Å². The molecule has 0 amide bonds. The number of hydrogen-bond acceptors (Lipinski definition) is 23. The highest BCUT2D eigenvalue weighted by molar-refractivity contribution is 5.67. The molecule has 0 aromatic heterocycles. The summed E-state index contributed by atoms with van der Waals surface area (Å²) >= 11 is 0. The maximum atomic E-state index is 10.3. The Morgan fingerprint density at radius 1 is 0.203 bits per heavy atom. The smallest absolute Gasteiger partial charge is 0.329 e. The second-order valence-corrected chi connectivity index (χ2v) is 13.7. The summed E-state index contributed by atoms with van der Waals surface area (Å²) in [5.41, 5.74) is 0. The van der Waals surface area contributed by atoms with Gasteiger partial charge in [0.15, 0.2) is 0 Å². The van der Waals surface area contributed by atoms with Gasteiger partial charge in [0.05, 0.1) is 277 Å². The van der Waals surface area contributed by atoms with Crippen LogP contribution in [0, 0.1) is 0 Å². The van der Waals surface area contributed by atoms with Crippen LogP contribution in [0.15, 0.2) is 0 Å². The molecule has 0 radical (unpaired) electrons. The predicted molar refractivity (Wildman–Crippen MR) is 247 cm³/mol. The average molecular weight is 1020 g/mol. The van der Waals surface area contributed by atoms with E-state index in [4.69, 9.17) is 109 Å². The largest absolute Gasteiger partial charge is 0.480 e. The fraction of sp³-hybridized carbons (Fsp3) is 0.978. The van der Waals surface area contributed by atoms with Gasteiger partial charge in [-0.15, -0.1) is 0 Å². The first kappa shape index (κ1) is 67.6. The Bertz CT molecular complexity index is 934. The van der Waals surface area contributed by atoms with E-state index in [1.807, 2.05) is 0 Å². The van der Waals surface area contributed by atoms with Crippen LogP contribution in [0.25, 0.3) is 0 Å². The molecule has 0 bridgehead atoms. The molecule has 69 heavy (non-hydrogen) atoms. The first-order valence-electron chi connectivity index (χ1n) is 24.1. The standard InChI is InChI=1S/C45H90O24/c1-48-2-3-49-4-5-50-6-7-51-8-9-52-10-11-53-12-13-54-14-15-55-16-17-56-18-19-57-20-21-58-22-23-59-24-25-60-26-27-61-28-29-62-30-31-63-32-33-64-34-35-65-36-37-66-38-39-67-40-41-68-42-43-69-44-45(46)47/h2-44H2,1H3,(H,46,47). The highest BCUT2D eigenvalue weighted by Gasteiger charge is 2.00. The van der Waals surface area contributed by atoms with E-state index < -0.39 is 5.97 Å². The van der Waals surface area contributed by atoms with Crippen molar-refractivity contribution in [2.24, 2.45) is 0 Å². The molecule has 0 rings (SSSR count). The predicted octanol–water partition coefficient (Wildman–Crippen LogP) is 0.0660. The molecule has 24 heteroatoms. The Labute approximate surface area is 410 Å². The summed E-state index contributed by atoms with van der Waals surface area (Å²) in [6.45, 7) is 19.9. The van der Waals surface area contributed by atoms with Crippen molar-refractivity contribution in [1.29, 1.82) is 0 Å². The highest BCUT2D eigenvalue weighted by atomic mass is 16.6. The fourth-order valence-corrected chi connectivity index (χ4v) is 4.70. The lowest BCUT2D eigenvalue weighted by Crippen LogP contribution is -2.16. The summed E-state index contributed by atoms with van der Waals surface area (Å²) in [4.78, 5) is 10.3. The van der Waals surface area contributed by atoms with Gasteiger partial charge >= 0.3 is 5.97 Å². The molecule has 0 saturated carbocycles. The van der Waals surface area contributed by atoms with E-state index in [0.717, 1.165) is 0 Å². The lowest BCUT2D eigenvalue weighted by atomic mass is 10.6. The molecule has 0 unspecified atom stereocenters. The van der Waals surface area contributed by atoms with Crippen molar-refractivity contribution < 1.29 is 114 Å². The fourth-order valence-electron chi connectivity index (χ4n) is 4.70. The molecular weight excluding hydrogens is 924 g/mol. The van der Waals surface area contributed by atoms with E-state index in [1.54, 1.807) is 7.11 Å². The van der Waals surface area contributed by atoms with Crippen molar-refractivity contribution in [3.8, 4) is 0 Å². The van der Waals surface area contributed by atoms with Gasteiger partial charge in [-0.3, -0.25) is 0 Å². The van der Waals surface area contributed by atoms with Crippen LogP contribution < -0.4 is 0 Å². The molecule has 0 aliphatic rings. The summed E-state index contributed by atoms with van der Waals surface area (Å²) in [7, 11) is 1.64. The van der Waals surface area contributed by atoms with Gasteiger partial charge < -0.3 is 109 Å². The van der Waals surface area contributed by atoms with E-state index in [0.29, 0.717) is 271 Å². The van der Waals surface area contributed by atoms with Gasteiger partial charge in [-0.25, -0.2) is 4.79 Å². The summed E-state index contributed by atoms with van der Waals surface area (Å²) < 4.78 is 119. The van der Waals surface area contributed by atoms with Gasteiger partial charge in [0, 0.05) is 7.11 Å². The molecule has 0 aromatic carbocycles. The second-order valence-electron chi connectivity index (χ2n) is 13.7. The van der Waals surface area contributed by atoms with E-state index >= 15 is 0 Å². The van der Waals surface area contributed by atoms with Gasteiger partial charge in [-0.05, 0) is 0 Å². The number of ether oxygens (including phenoxy) is 22. The van der Waals surface area contributed by atoms with Gasteiger partial charge in [0.1, 0.15) is 6.61 Å². The van der Waals surface area contributed by atoms with Crippen molar-refractivity contribution in [1.82, 2.24) is 0 Å². The number of carbonyl (C=O) groups is 1. The van der Waals surface area contributed by atoms with Crippen LogP contribution >= 0.6 is 0 Å². The molecule has 0 fully saturated rings. The Morgan fingerprint density at radius 2 is 0.304 bits per heavy atom. The van der Waals surface area contributed by atoms with Crippen LogP contribution in [0.2, 0.25) is 0 Å². The Morgan fingerprint density at radius 3 is 0.406 bits per heavy atom. The molecule has 0 spiro atoms. The summed E-state index contributed by atoms with van der Waals surface area (Å²) in [6, 6.07) is 0. The van der Waals surface area contributed by atoms with Crippen molar-refractivity contribution in [2.45, 2.75) is 0 Å². The number of carboxylic acid groups (broad SMARTS) is 1. The molecule has 24 nitrogen and oxygen atoms in total. The number of methoxy groups -OCH3 is 1. The van der Waals surface area contributed by atoms with Crippen LogP contribution in [0.4, 0.5) is 0 Å². The maximum Gasteiger partial charge on any atom is 0.329 e. The zero-order valence-electron chi connectivity index (χ0n) is 41.7. The topological polar surface area (TPSA) is 240 Å². The first-order valence-corrected chi connectivity index (χ1v) is 24.1. The number of hydrogen-bond donors (Lipinski definition) is 1. The summed E-state index contributed by atoms with van der Waals surface area (Å²) in [5, 5.41) is 8.45. The third kappa shape index (κ3) is 66.6. The third-order valence-corrected chi connectivity index (χ3v) is 8.10. The molecule has 414 valence electrons. The Hall–Kier alpha value is -1.41. The van der Waals surface area contributed by atoms with Crippen LogP contribution in [-0.2, 0) is 109 Å². The van der Waals surface area contributed by atoms with Gasteiger partial charge in [0.2, 0.25) is 0 Å². The van der Waals surface area contributed by atoms with E-state index in [2.05, 4.69) is 0 Å². The average Bonchev–Trinajstić information content (AvgIpc) is 3.35. The third-order valence-electron chi connectivity index (χ3n) is 8.10. The first-order chi connectivity index (χ1) is 34.3. The minimum atomic E-state index is -1.00. The molecule has 0 aliphatic heterocycles. The quantitative estimate of drug-likeness (QED) is 0.0793. The van der Waals surface area contributed by atoms with Crippen LogP contribution in [0.5, 0.6) is 0 Å². The monoisotopic (exact) mass is 1010 g/mol. The molecule has 0 heterocycles. The normalized spacial score (nSPS) is 11.7. The lowest BCUT2D eigenvalue weighted by Gasteiger charge is -2.09. The molecule has 0 atom stereocenters. The Kier molecular flexibility index (Phi) is 63.3. The zero-order valence-corrected chi connectivity index (χ0v) is 41.7. The van der Waals surface area contributed by atoms with E-state index in [9.17, 15) is 4.79 Å². The number of carboxylic acids is 1. The van der Waals surface area contributed by atoms with Crippen LogP contribution in [-0.4, -0.2) is 302 Å². The molecular formula is C45H90O24. The van der Waals surface area contributed by atoms with Gasteiger partial charge in [-0.1, -0.05) is 0 Å². The van der Waals surface area contributed by atoms with Gasteiger partial charge in [-0.2, -0.15) is 0 Å². The number of rotatable bonds is 65. The van der Waals surface area contributed by atoms with Crippen LogP contribution in [0.3, 0.4) is 0 Å². The summed E-state index contributed by atoms with van der Waals surface area (Å²) in [6.07, 6.45) is 0. The SMILES string of the molecule is COCCOCCOCCOCCOCCOCCOCCOCCOCCOCCOCCOCCOCCOCCOCCOCCOCCOCCOCCOCCOCCOCC(=O)O. The van der Waals surface area contributed by atoms with Gasteiger partial charge in [0.25, 0.3) is 0 Å². The van der Waals surface area contributed by atoms with Crippen molar-refractivity contribution >= 4 is 5.97 Å².